The van der Waals surface area contributed by atoms with E-state index in [-0.39, 0.29) is 12.2 Å². The number of carboxylic acid groups (broad SMARTS) is 1. The van der Waals surface area contributed by atoms with Crippen molar-refractivity contribution in [1.82, 2.24) is 4.90 Å². The fraction of sp³-hybridized carbons (Fsp3) is 0.167. The first-order valence-corrected chi connectivity index (χ1v) is 7.75. The summed E-state index contributed by atoms with van der Waals surface area (Å²) in [4.78, 5) is 35.6. The number of urea groups is 1. The van der Waals surface area contributed by atoms with Crippen LogP contribution in [0.3, 0.4) is 0 Å². The molecule has 0 aliphatic carbocycles. The van der Waals surface area contributed by atoms with E-state index in [0.29, 0.717) is 22.0 Å². The predicted octanol–water partition coefficient (Wildman–Crippen LogP) is 2.47. The zero-order chi connectivity index (χ0) is 18.8. The number of aliphatic carboxylic acids is 1. The Balaban J connectivity index is 1.78. The molecular formula is C18H15FN2O5. The van der Waals surface area contributed by atoms with Crippen molar-refractivity contribution < 1.29 is 28.6 Å². The maximum absolute atomic E-state index is 12.9. The van der Waals surface area contributed by atoms with Crippen LogP contribution >= 0.6 is 0 Å². The van der Waals surface area contributed by atoms with Crippen LogP contribution in [-0.2, 0) is 9.59 Å². The summed E-state index contributed by atoms with van der Waals surface area (Å²) in [5.74, 6) is -2.16. The Hall–Kier alpha value is -3.42. The summed E-state index contributed by atoms with van der Waals surface area (Å²) in [7, 11) is 0. The summed E-state index contributed by atoms with van der Waals surface area (Å²) in [5, 5.41) is 9.19. The van der Waals surface area contributed by atoms with Gasteiger partial charge in [0.15, 0.2) is 0 Å². The molecule has 1 fully saturated rings. The Morgan fingerprint density at radius 3 is 2.08 bits per heavy atom. The number of nitrogens with two attached hydrogens (primary N) is 1. The number of carbonyl (C=O) groups is 3. The number of halogens is 1. The number of carboxylic acids is 1. The molecule has 0 unspecified atom stereocenters. The number of nitrogens with zero attached hydrogens (tertiary/aromatic N) is 1. The molecular weight excluding hydrogens is 343 g/mol. The van der Waals surface area contributed by atoms with Crippen LogP contribution in [-0.4, -0.2) is 34.0 Å². The number of carbonyl (C=O) groups excluding carboxylic acids is 2. The Labute approximate surface area is 147 Å². The molecule has 1 aliphatic heterocycles. The number of benzene rings is 2. The Morgan fingerprint density at radius 2 is 1.62 bits per heavy atom. The van der Waals surface area contributed by atoms with Gasteiger partial charge in [-0.15, -0.1) is 0 Å². The quantitative estimate of drug-likeness (QED) is 0.872. The van der Waals surface area contributed by atoms with Gasteiger partial charge in [-0.05, 0) is 48.4 Å². The van der Waals surface area contributed by atoms with Crippen molar-refractivity contribution in [2.24, 2.45) is 5.73 Å². The highest BCUT2D eigenvalue weighted by Gasteiger charge is 2.46. The lowest BCUT2D eigenvalue weighted by Gasteiger charge is -2.16. The highest BCUT2D eigenvalue weighted by atomic mass is 19.1. The van der Waals surface area contributed by atoms with Crippen LogP contribution in [0.4, 0.5) is 9.18 Å². The average Bonchev–Trinajstić information content (AvgIpc) is 2.95. The van der Waals surface area contributed by atoms with Crippen LogP contribution in [0.1, 0.15) is 17.9 Å². The molecule has 3 amide bonds. The van der Waals surface area contributed by atoms with E-state index in [1.54, 1.807) is 24.3 Å². The molecule has 0 aromatic heterocycles. The third-order valence-corrected chi connectivity index (χ3v) is 4.16. The van der Waals surface area contributed by atoms with Gasteiger partial charge in [0.1, 0.15) is 23.4 Å². The third kappa shape index (κ3) is 3.34. The summed E-state index contributed by atoms with van der Waals surface area (Å²) in [6.45, 7) is 0. The number of likely N-dealkylation sites (tertiary alicyclic amines) is 1. The van der Waals surface area contributed by atoms with Crippen LogP contribution in [0.25, 0.3) is 0 Å². The van der Waals surface area contributed by atoms with Gasteiger partial charge >= 0.3 is 12.0 Å². The summed E-state index contributed by atoms with van der Waals surface area (Å²) in [6.07, 6.45) is -0.0464. The van der Waals surface area contributed by atoms with Gasteiger partial charge in [0.05, 0.1) is 5.92 Å². The molecule has 0 bridgehead atoms. The van der Waals surface area contributed by atoms with Crippen LogP contribution in [0.5, 0.6) is 11.5 Å². The van der Waals surface area contributed by atoms with Gasteiger partial charge in [0.25, 0.3) is 0 Å². The molecule has 2 aromatic rings. The highest BCUT2D eigenvalue weighted by Crippen LogP contribution is 2.34. The fourth-order valence-corrected chi connectivity index (χ4v) is 2.91. The lowest BCUT2D eigenvalue weighted by atomic mass is 9.96. The second kappa shape index (κ2) is 6.83. The van der Waals surface area contributed by atoms with Crippen molar-refractivity contribution in [3.05, 3.63) is 59.9 Å². The van der Waals surface area contributed by atoms with E-state index in [9.17, 15) is 23.9 Å². The molecule has 3 rings (SSSR count). The minimum absolute atomic E-state index is 0.0464. The predicted molar refractivity (Wildman–Crippen MR) is 88.1 cm³/mol. The summed E-state index contributed by atoms with van der Waals surface area (Å²) < 4.78 is 18.5. The minimum atomic E-state index is -1.28. The second-order valence-corrected chi connectivity index (χ2v) is 5.81. The molecule has 2 atom stereocenters. The molecule has 8 heteroatoms. The molecule has 3 N–H and O–H groups in total. The average molecular weight is 358 g/mol. The highest BCUT2D eigenvalue weighted by molar-refractivity contribution is 6.03. The largest absolute Gasteiger partial charge is 0.480 e. The first kappa shape index (κ1) is 17.4. The van der Waals surface area contributed by atoms with Gasteiger partial charge in [-0.3, -0.25) is 4.79 Å². The number of imide groups is 1. The lowest BCUT2D eigenvalue weighted by Crippen LogP contribution is -2.46. The van der Waals surface area contributed by atoms with Crippen molar-refractivity contribution >= 4 is 17.9 Å². The molecule has 26 heavy (non-hydrogen) atoms. The Morgan fingerprint density at radius 1 is 1.08 bits per heavy atom. The van der Waals surface area contributed by atoms with Crippen LogP contribution < -0.4 is 10.5 Å². The van der Waals surface area contributed by atoms with E-state index in [1.165, 1.54) is 24.3 Å². The maximum atomic E-state index is 12.9. The standard InChI is InChI=1S/C18H15FN2O5/c19-11-3-7-13(8-4-11)26-12-5-1-10(2-6-12)14-9-15(17(23)24)21(16(14)22)18(20)25/h1-8,14-15H,9H2,(H2,20,25)(H,23,24)/t14-,15+/m0/s1. The maximum Gasteiger partial charge on any atom is 0.327 e. The van der Waals surface area contributed by atoms with Crippen molar-refractivity contribution in [3.63, 3.8) is 0 Å². The summed E-state index contributed by atoms with van der Waals surface area (Å²) in [6, 6.07) is 9.58. The monoisotopic (exact) mass is 358 g/mol. The van der Waals surface area contributed by atoms with Gasteiger partial charge in [-0.1, -0.05) is 12.1 Å². The fourth-order valence-electron chi connectivity index (χ4n) is 2.91. The first-order chi connectivity index (χ1) is 12.4. The van der Waals surface area contributed by atoms with Crippen molar-refractivity contribution in [2.45, 2.75) is 18.4 Å². The Bertz CT molecular complexity index is 851. The van der Waals surface area contributed by atoms with E-state index >= 15 is 0 Å². The topological polar surface area (TPSA) is 110 Å². The number of hydrogen-bond donors (Lipinski definition) is 2. The van der Waals surface area contributed by atoms with Crippen LogP contribution in [0.15, 0.2) is 48.5 Å². The molecule has 0 radical (unpaired) electrons. The molecule has 0 spiro atoms. The number of primary amides is 1. The zero-order valence-electron chi connectivity index (χ0n) is 13.5. The van der Waals surface area contributed by atoms with Gasteiger partial charge in [-0.2, -0.15) is 0 Å². The molecule has 2 aromatic carbocycles. The summed E-state index contributed by atoms with van der Waals surface area (Å²) in [5.41, 5.74) is 5.69. The number of amides is 3. The lowest BCUT2D eigenvalue weighted by molar-refractivity contribution is -0.144. The smallest absolute Gasteiger partial charge is 0.327 e. The number of rotatable bonds is 4. The van der Waals surface area contributed by atoms with E-state index in [4.69, 9.17) is 10.5 Å². The van der Waals surface area contributed by atoms with Crippen molar-refractivity contribution in [1.29, 1.82) is 0 Å². The van der Waals surface area contributed by atoms with Gasteiger partial charge in [0.2, 0.25) is 5.91 Å². The zero-order valence-corrected chi connectivity index (χ0v) is 13.5. The van der Waals surface area contributed by atoms with E-state index in [2.05, 4.69) is 0 Å². The SMILES string of the molecule is NC(=O)N1C(=O)[C@H](c2ccc(Oc3ccc(F)cc3)cc2)C[C@@H]1C(=O)O. The van der Waals surface area contributed by atoms with Crippen molar-refractivity contribution in [2.75, 3.05) is 0 Å². The third-order valence-electron chi connectivity index (χ3n) is 4.16. The van der Waals surface area contributed by atoms with Gasteiger partial charge < -0.3 is 15.6 Å². The molecule has 1 aliphatic rings. The number of hydrogen-bond acceptors (Lipinski definition) is 4. The second-order valence-electron chi connectivity index (χ2n) is 5.81. The molecule has 0 saturated carbocycles. The first-order valence-electron chi connectivity index (χ1n) is 7.75. The minimum Gasteiger partial charge on any atom is -0.480 e. The molecule has 134 valence electrons. The van der Waals surface area contributed by atoms with E-state index in [1.807, 2.05) is 0 Å². The van der Waals surface area contributed by atoms with Crippen LogP contribution in [0.2, 0.25) is 0 Å². The molecule has 7 nitrogen and oxygen atoms in total. The van der Waals surface area contributed by atoms with Crippen molar-refractivity contribution in [3.8, 4) is 11.5 Å². The van der Waals surface area contributed by atoms with E-state index in [0.717, 1.165) is 0 Å². The van der Waals surface area contributed by atoms with Crippen LogP contribution in [0, 0.1) is 5.82 Å². The Kier molecular flexibility index (Phi) is 4.57. The van der Waals surface area contributed by atoms with Gasteiger partial charge in [-0.25, -0.2) is 18.9 Å². The van der Waals surface area contributed by atoms with Gasteiger partial charge in [0, 0.05) is 0 Å². The number of ether oxygens (including phenoxy) is 1. The normalized spacial score (nSPS) is 19.4. The van der Waals surface area contributed by atoms with E-state index < -0.39 is 29.9 Å². The molecule has 1 saturated heterocycles. The summed E-state index contributed by atoms with van der Waals surface area (Å²) >= 11 is 0. The molecule has 1 heterocycles.